The molecule has 0 saturated heterocycles. The fraction of sp³-hybridized carbons (Fsp3) is 0.429. The maximum Gasteiger partial charge on any atom is 0.516 e. The second-order valence-electron chi connectivity index (χ2n) is 5.16. The van der Waals surface area contributed by atoms with Gasteiger partial charge in [-0.15, -0.1) is 0 Å². The van der Waals surface area contributed by atoms with Crippen molar-refractivity contribution in [2.24, 2.45) is 5.73 Å². The van der Waals surface area contributed by atoms with E-state index < -0.39 is 23.8 Å². The Kier molecular flexibility index (Phi) is 5.06. The molecule has 1 aromatic carbocycles. The van der Waals surface area contributed by atoms with Crippen molar-refractivity contribution in [3.05, 3.63) is 35.9 Å². The average molecular weight is 265 g/mol. The molecule has 0 aliphatic rings. The highest BCUT2D eigenvalue weighted by atomic mass is 16.7. The Morgan fingerprint density at radius 1 is 1.21 bits per heavy atom. The van der Waals surface area contributed by atoms with Gasteiger partial charge in [-0.05, 0) is 26.3 Å². The van der Waals surface area contributed by atoms with E-state index in [0.29, 0.717) is 0 Å². The van der Waals surface area contributed by atoms with E-state index in [9.17, 15) is 9.59 Å². The van der Waals surface area contributed by atoms with Gasteiger partial charge in [0.1, 0.15) is 5.60 Å². The molecule has 1 rings (SSSR count). The molecule has 0 bridgehead atoms. The van der Waals surface area contributed by atoms with Crippen LogP contribution in [-0.2, 0) is 14.3 Å². The zero-order valence-corrected chi connectivity index (χ0v) is 11.4. The van der Waals surface area contributed by atoms with Crippen LogP contribution in [0, 0.1) is 0 Å². The SMILES string of the molecule is CC(C)(C)OC(=O)OC(=O)C[C@@H](N)c1ccccc1. The van der Waals surface area contributed by atoms with Crippen molar-refractivity contribution in [1.82, 2.24) is 0 Å². The third-order valence-electron chi connectivity index (χ3n) is 2.20. The van der Waals surface area contributed by atoms with E-state index in [-0.39, 0.29) is 6.42 Å². The van der Waals surface area contributed by atoms with E-state index in [1.54, 1.807) is 20.8 Å². The first-order valence-electron chi connectivity index (χ1n) is 6.02. The predicted octanol–water partition coefficient (Wildman–Crippen LogP) is 2.55. The van der Waals surface area contributed by atoms with E-state index in [1.165, 1.54) is 0 Å². The molecule has 0 aliphatic heterocycles. The first kappa shape index (κ1) is 15.2. The molecule has 1 atom stereocenters. The van der Waals surface area contributed by atoms with Crippen LogP contribution in [0.2, 0.25) is 0 Å². The van der Waals surface area contributed by atoms with Crippen molar-refractivity contribution in [2.75, 3.05) is 0 Å². The largest absolute Gasteiger partial charge is 0.516 e. The minimum Gasteiger partial charge on any atom is -0.428 e. The third-order valence-corrected chi connectivity index (χ3v) is 2.20. The van der Waals surface area contributed by atoms with Crippen LogP contribution < -0.4 is 5.73 Å². The summed E-state index contributed by atoms with van der Waals surface area (Å²) in [6.45, 7) is 5.07. The molecule has 0 fully saturated rings. The Balaban J connectivity index is 2.46. The molecule has 5 heteroatoms. The smallest absolute Gasteiger partial charge is 0.428 e. The van der Waals surface area contributed by atoms with Crippen molar-refractivity contribution in [3.63, 3.8) is 0 Å². The number of nitrogens with two attached hydrogens (primary N) is 1. The minimum absolute atomic E-state index is 0.0801. The molecule has 0 aromatic heterocycles. The molecule has 0 aliphatic carbocycles. The summed E-state index contributed by atoms with van der Waals surface area (Å²) >= 11 is 0. The van der Waals surface area contributed by atoms with Gasteiger partial charge in [0.2, 0.25) is 0 Å². The predicted molar refractivity (Wildman–Crippen MR) is 70.3 cm³/mol. The van der Waals surface area contributed by atoms with Crippen molar-refractivity contribution in [1.29, 1.82) is 0 Å². The summed E-state index contributed by atoms with van der Waals surface area (Å²) in [6.07, 6.45) is -1.08. The fourth-order valence-corrected chi connectivity index (χ4v) is 1.40. The average Bonchev–Trinajstić information content (AvgIpc) is 2.27. The van der Waals surface area contributed by atoms with Gasteiger partial charge >= 0.3 is 12.1 Å². The molecule has 5 nitrogen and oxygen atoms in total. The molecule has 0 amide bonds. The summed E-state index contributed by atoms with van der Waals surface area (Å²) in [5.41, 5.74) is 5.96. The van der Waals surface area contributed by atoms with Crippen molar-refractivity contribution in [2.45, 2.75) is 38.8 Å². The molecular weight excluding hydrogens is 246 g/mol. The zero-order valence-electron chi connectivity index (χ0n) is 11.4. The number of hydrogen-bond donors (Lipinski definition) is 1. The fourth-order valence-electron chi connectivity index (χ4n) is 1.40. The van der Waals surface area contributed by atoms with Gasteiger partial charge in [-0.3, -0.25) is 4.79 Å². The molecule has 104 valence electrons. The lowest BCUT2D eigenvalue weighted by Crippen LogP contribution is -2.27. The van der Waals surface area contributed by atoms with Crippen LogP contribution in [-0.4, -0.2) is 17.7 Å². The lowest BCUT2D eigenvalue weighted by atomic mass is 10.1. The van der Waals surface area contributed by atoms with E-state index >= 15 is 0 Å². The summed E-state index contributed by atoms with van der Waals surface area (Å²) < 4.78 is 9.41. The summed E-state index contributed by atoms with van der Waals surface area (Å²) in [5.74, 6) is -0.703. The lowest BCUT2D eigenvalue weighted by molar-refractivity contribution is -0.141. The highest BCUT2D eigenvalue weighted by molar-refractivity contribution is 5.82. The van der Waals surface area contributed by atoms with E-state index in [4.69, 9.17) is 10.5 Å². The van der Waals surface area contributed by atoms with E-state index in [2.05, 4.69) is 4.74 Å². The van der Waals surface area contributed by atoms with Crippen molar-refractivity contribution < 1.29 is 19.1 Å². The van der Waals surface area contributed by atoms with Gasteiger partial charge in [0.25, 0.3) is 0 Å². The molecule has 2 N–H and O–H groups in total. The first-order chi connectivity index (χ1) is 8.78. The summed E-state index contributed by atoms with van der Waals surface area (Å²) in [6, 6.07) is 8.63. The van der Waals surface area contributed by atoms with Gasteiger partial charge in [0.15, 0.2) is 0 Å². The lowest BCUT2D eigenvalue weighted by Gasteiger charge is -2.18. The van der Waals surface area contributed by atoms with Gasteiger partial charge in [-0.25, -0.2) is 4.79 Å². The molecular formula is C14H19NO4. The minimum atomic E-state index is -1.00. The van der Waals surface area contributed by atoms with Crippen LogP contribution in [0.1, 0.15) is 38.8 Å². The molecule has 0 radical (unpaired) electrons. The van der Waals surface area contributed by atoms with E-state index in [1.807, 2.05) is 30.3 Å². The third kappa shape index (κ3) is 6.01. The number of carbonyl (C=O) groups excluding carboxylic acids is 2. The maximum absolute atomic E-state index is 11.5. The Morgan fingerprint density at radius 2 is 1.79 bits per heavy atom. The Bertz CT molecular complexity index is 437. The number of hydrogen-bond acceptors (Lipinski definition) is 5. The highest BCUT2D eigenvalue weighted by Crippen LogP contribution is 2.15. The quantitative estimate of drug-likeness (QED) is 0.671. The molecule has 0 saturated carbocycles. The van der Waals surface area contributed by atoms with Crippen LogP contribution in [0.25, 0.3) is 0 Å². The number of rotatable bonds is 3. The molecule has 0 heterocycles. The highest BCUT2D eigenvalue weighted by Gasteiger charge is 2.21. The Morgan fingerprint density at radius 3 is 2.32 bits per heavy atom. The van der Waals surface area contributed by atoms with Gasteiger partial charge in [0, 0.05) is 6.04 Å². The molecule has 19 heavy (non-hydrogen) atoms. The van der Waals surface area contributed by atoms with Crippen LogP contribution in [0.4, 0.5) is 4.79 Å². The number of esters is 1. The maximum atomic E-state index is 11.5. The normalized spacial score (nSPS) is 12.6. The molecule has 1 aromatic rings. The Hall–Kier alpha value is -1.88. The molecule has 0 unspecified atom stereocenters. The number of ether oxygens (including phenoxy) is 2. The van der Waals surface area contributed by atoms with Crippen LogP contribution in [0.5, 0.6) is 0 Å². The van der Waals surface area contributed by atoms with Crippen molar-refractivity contribution in [3.8, 4) is 0 Å². The molecule has 0 spiro atoms. The van der Waals surface area contributed by atoms with Crippen molar-refractivity contribution >= 4 is 12.1 Å². The van der Waals surface area contributed by atoms with Gasteiger partial charge in [-0.2, -0.15) is 0 Å². The second-order valence-corrected chi connectivity index (χ2v) is 5.16. The first-order valence-corrected chi connectivity index (χ1v) is 6.02. The van der Waals surface area contributed by atoms with Gasteiger partial charge < -0.3 is 15.2 Å². The van der Waals surface area contributed by atoms with Gasteiger partial charge in [-0.1, -0.05) is 30.3 Å². The summed E-state index contributed by atoms with van der Waals surface area (Å²) in [4.78, 5) is 22.8. The Labute approximate surface area is 112 Å². The van der Waals surface area contributed by atoms with Crippen LogP contribution >= 0.6 is 0 Å². The summed E-state index contributed by atoms with van der Waals surface area (Å²) in [7, 11) is 0. The number of carbonyl (C=O) groups is 2. The standard InChI is InChI=1S/C14H19NO4/c1-14(2,3)19-13(17)18-12(16)9-11(15)10-7-5-4-6-8-10/h4-8,11H,9,15H2,1-3H3/t11-/m1/s1. The van der Waals surface area contributed by atoms with Gasteiger partial charge in [0.05, 0.1) is 6.42 Å². The monoisotopic (exact) mass is 265 g/mol. The zero-order chi connectivity index (χ0) is 14.5. The van der Waals surface area contributed by atoms with Crippen LogP contribution in [0.3, 0.4) is 0 Å². The van der Waals surface area contributed by atoms with Crippen LogP contribution in [0.15, 0.2) is 30.3 Å². The topological polar surface area (TPSA) is 78.6 Å². The second kappa shape index (κ2) is 6.33. The summed E-state index contributed by atoms with van der Waals surface area (Å²) in [5, 5.41) is 0. The number of benzene rings is 1. The van der Waals surface area contributed by atoms with E-state index in [0.717, 1.165) is 5.56 Å².